The standard InChI is InChI=1S/C18H19N3O2/c22-17(13-14-7-1-2-8-14)19-20-18(23)15-9-3-4-10-16(15)21-11-5-6-12-21/h1,3-7,9-12,14H,2,8,13H2,(H,19,22)(H,20,23)/t14-/m0/s1. The van der Waals surface area contributed by atoms with Gasteiger partial charge in [0, 0.05) is 18.8 Å². The Morgan fingerprint density at radius 1 is 1.09 bits per heavy atom. The number of nitrogens with zero attached hydrogens (tertiary/aromatic N) is 1. The van der Waals surface area contributed by atoms with E-state index >= 15 is 0 Å². The first-order valence-corrected chi connectivity index (χ1v) is 7.72. The van der Waals surface area contributed by atoms with Gasteiger partial charge in [-0.3, -0.25) is 20.4 Å². The van der Waals surface area contributed by atoms with Gasteiger partial charge < -0.3 is 4.57 Å². The highest BCUT2D eigenvalue weighted by molar-refractivity contribution is 5.98. The van der Waals surface area contributed by atoms with E-state index in [1.165, 1.54) is 0 Å². The highest BCUT2D eigenvalue weighted by Gasteiger charge is 2.16. The first-order chi connectivity index (χ1) is 11.2. The molecule has 0 saturated heterocycles. The summed E-state index contributed by atoms with van der Waals surface area (Å²) in [6.45, 7) is 0. The first-order valence-electron chi connectivity index (χ1n) is 7.72. The highest BCUT2D eigenvalue weighted by Crippen LogP contribution is 2.20. The van der Waals surface area contributed by atoms with Gasteiger partial charge in [-0.15, -0.1) is 0 Å². The summed E-state index contributed by atoms with van der Waals surface area (Å²) in [6, 6.07) is 11.1. The average Bonchev–Trinajstić information content (AvgIpc) is 3.26. The third kappa shape index (κ3) is 3.69. The largest absolute Gasteiger partial charge is 0.323 e. The lowest BCUT2D eigenvalue weighted by atomic mass is 10.1. The molecular formula is C18H19N3O2. The van der Waals surface area contributed by atoms with Crippen molar-refractivity contribution in [3.05, 3.63) is 66.5 Å². The van der Waals surface area contributed by atoms with Crippen LogP contribution in [-0.2, 0) is 4.79 Å². The van der Waals surface area contributed by atoms with E-state index in [0.29, 0.717) is 12.0 Å². The van der Waals surface area contributed by atoms with Gasteiger partial charge in [-0.25, -0.2) is 0 Å². The van der Waals surface area contributed by atoms with Crippen molar-refractivity contribution in [1.82, 2.24) is 15.4 Å². The van der Waals surface area contributed by atoms with E-state index in [2.05, 4.69) is 23.0 Å². The van der Waals surface area contributed by atoms with Crippen LogP contribution in [0.5, 0.6) is 0 Å². The molecule has 0 aliphatic heterocycles. The lowest BCUT2D eigenvalue weighted by Crippen LogP contribution is -2.42. The van der Waals surface area contributed by atoms with Crippen molar-refractivity contribution < 1.29 is 9.59 Å². The molecule has 0 spiro atoms. The van der Waals surface area contributed by atoms with Gasteiger partial charge >= 0.3 is 0 Å². The third-order valence-corrected chi connectivity index (χ3v) is 3.91. The highest BCUT2D eigenvalue weighted by atomic mass is 16.2. The molecule has 118 valence electrons. The Morgan fingerprint density at radius 3 is 2.61 bits per heavy atom. The van der Waals surface area contributed by atoms with Crippen LogP contribution in [0.15, 0.2) is 60.9 Å². The number of para-hydroxylation sites is 1. The summed E-state index contributed by atoms with van der Waals surface area (Å²) in [6.07, 6.45) is 10.3. The van der Waals surface area contributed by atoms with E-state index in [9.17, 15) is 9.59 Å². The molecule has 23 heavy (non-hydrogen) atoms. The van der Waals surface area contributed by atoms with Crippen LogP contribution in [-0.4, -0.2) is 16.4 Å². The second-order valence-corrected chi connectivity index (χ2v) is 5.58. The van der Waals surface area contributed by atoms with E-state index in [1.807, 2.05) is 41.2 Å². The van der Waals surface area contributed by atoms with Gasteiger partial charge in [0.25, 0.3) is 5.91 Å². The van der Waals surface area contributed by atoms with Crippen LogP contribution in [0.3, 0.4) is 0 Å². The number of allylic oxidation sites excluding steroid dienone is 2. The molecule has 1 heterocycles. The molecule has 5 nitrogen and oxygen atoms in total. The van der Waals surface area contributed by atoms with Gasteiger partial charge in [0.2, 0.25) is 5.91 Å². The third-order valence-electron chi connectivity index (χ3n) is 3.91. The quantitative estimate of drug-likeness (QED) is 0.673. The van der Waals surface area contributed by atoms with Crippen molar-refractivity contribution >= 4 is 11.8 Å². The Hall–Kier alpha value is -2.82. The zero-order valence-electron chi connectivity index (χ0n) is 12.7. The number of carbonyl (C=O) groups is 2. The molecule has 0 unspecified atom stereocenters. The maximum atomic E-state index is 12.3. The van der Waals surface area contributed by atoms with E-state index in [4.69, 9.17) is 0 Å². The normalized spacial score (nSPS) is 16.3. The molecule has 1 aromatic carbocycles. The Morgan fingerprint density at radius 2 is 1.87 bits per heavy atom. The number of hydrogen-bond donors (Lipinski definition) is 2. The minimum Gasteiger partial charge on any atom is -0.323 e. The summed E-state index contributed by atoms with van der Waals surface area (Å²) in [4.78, 5) is 24.2. The molecule has 0 saturated carbocycles. The van der Waals surface area contributed by atoms with Crippen molar-refractivity contribution in [3.63, 3.8) is 0 Å². The second-order valence-electron chi connectivity index (χ2n) is 5.58. The summed E-state index contributed by atoms with van der Waals surface area (Å²) >= 11 is 0. The maximum Gasteiger partial charge on any atom is 0.271 e. The number of hydrogen-bond acceptors (Lipinski definition) is 2. The molecule has 1 aliphatic rings. The number of nitrogens with one attached hydrogen (secondary N) is 2. The molecular weight excluding hydrogens is 290 g/mol. The van der Waals surface area contributed by atoms with Crippen LogP contribution in [0.25, 0.3) is 5.69 Å². The lowest BCUT2D eigenvalue weighted by molar-refractivity contribution is -0.122. The minimum absolute atomic E-state index is 0.173. The van der Waals surface area contributed by atoms with E-state index < -0.39 is 0 Å². The molecule has 0 bridgehead atoms. The van der Waals surface area contributed by atoms with Crippen LogP contribution < -0.4 is 10.9 Å². The van der Waals surface area contributed by atoms with Gasteiger partial charge in [0.15, 0.2) is 0 Å². The zero-order chi connectivity index (χ0) is 16.1. The fourth-order valence-corrected chi connectivity index (χ4v) is 2.73. The molecule has 1 atom stereocenters. The van der Waals surface area contributed by atoms with Crippen molar-refractivity contribution in [2.24, 2.45) is 5.92 Å². The molecule has 2 amide bonds. The fraction of sp³-hybridized carbons (Fsp3) is 0.222. The molecule has 3 rings (SSSR count). The van der Waals surface area contributed by atoms with Crippen molar-refractivity contribution in [2.75, 3.05) is 0 Å². The zero-order valence-corrected chi connectivity index (χ0v) is 12.7. The molecule has 0 radical (unpaired) electrons. The molecule has 2 aromatic rings. The number of benzene rings is 1. The average molecular weight is 309 g/mol. The van der Waals surface area contributed by atoms with Crippen LogP contribution in [0.2, 0.25) is 0 Å². The summed E-state index contributed by atoms with van der Waals surface area (Å²) in [5.74, 6) is -0.225. The number of aromatic nitrogens is 1. The van der Waals surface area contributed by atoms with Crippen LogP contribution in [0.1, 0.15) is 29.6 Å². The van der Waals surface area contributed by atoms with E-state index in [0.717, 1.165) is 18.5 Å². The second kappa shape index (κ2) is 6.96. The van der Waals surface area contributed by atoms with Crippen molar-refractivity contribution in [3.8, 4) is 5.69 Å². The summed E-state index contributed by atoms with van der Waals surface area (Å²) in [5, 5.41) is 0. The Labute approximate surface area is 135 Å². The minimum atomic E-state index is -0.329. The van der Waals surface area contributed by atoms with Gasteiger partial charge in [0.1, 0.15) is 0 Å². The summed E-state index contributed by atoms with van der Waals surface area (Å²) in [5.41, 5.74) is 6.27. The Bertz CT molecular complexity index is 720. The molecule has 5 heteroatoms. The fourth-order valence-electron chi connectivity index (χ4n) is 2.73. The van der Waals surface area contributed by atoms with Gasteiger partial charge in [0.05, 0.1) is 11.3 Å². The predicted octanol–water partition coefficient (Wildman–Crippen LogP) is 2.59. The van der Waals surface area contributed by atoms with Crippen LogP contribution in [0.4, 0.5) is 0 Å². The number of hydrazine groups is 1. The predicted molar refractivity (Wildman–Crippen MR) is 87.9 cm³/mol. The Balaban J connectivity index is 1.62. The van der Waals surface area contributed by atoms with Gasteiger partial charge in [-0.05, 0) is 43.0 Å². The maximum absolute atomic E-state index is 12.3. The van der Waals surface area contributed by atoms with Crippen molar-refractivity contribution in [1.29, 1.82) is 0 Å². The Kier molecular flexibility index (Phi) is 4.57. The van der Waals surface area contributed by atoms with Gasteiger partial charge in [-0.1, -0.05) is 24.3 Å². The molecule has 1 aromatic heterocycles. The molecule has 1 aliphatic carbocycles. The summed E-state index contributed by atoms with van der Waals surface area (Å²) in [7, 11) is 0. The van der Waals surface area contributed by atoms with Crippen LogP contribution in [0, 0.1) is 5.92 Å². The lowest BCUT2D eigenvalue weighted by Gasteiger charge is -2.12. The van der Waals surface area contributed by atoms with E-state index in [-0.39, 0.29) is 17.7 Å². The van der Waals surface area contributed by atoms with Gasteiger partial charge in [-0.2, -0.15) is 0 Å². The van der Waals surface area contributed by atoms with Crippen LogP contribution >= 0.6 is 0 Å². The van der Waals surface area contributed by atoms with Crippen molar-refractivity contribution in [2.45, 2.75) is 19.3 Å². The molecule has 2 N–H and O–H groups in total. The number of rotatable bonds is 4. The monoisotopic (exact) mass is 309 g/mol. The molecule has 0 fully saturated rings. The summed E-state index contributed by atoms with van der Waals surface area (Å²) < 4.78 is 1.86. The first kappa shape index (κ1) is 15.1. The smallest absolute Gasteiger partial charge is 0.271 e. The SMILES string of the molecule is O=C(C[C@H]1C=CCC1)NNC(=O)c1ccccc1-n1cccc1. The number of amides is 2. The van der Waals surface area contributed by atoms with E-state index in [1.54, 1.807) is 12.1 Å². The topological polar surface area (TPSA) is 63.1 Å². The number of carbonyl (C=O) groups excluding carboxylic acids is 2.